The van der Waals surface area contributed by atoms with Gasteiger partial charge in [-0.15, -0.1) is 0 Å². The van der Waals surface area contributed by atoms with Gasteiger partial charge in [0.15, 0.2) is 0 Å². The molecule has 1 aliphatic rings. The molecule has 1 fully saturated rings. The summed E-state index contributed by atoms with van der Waals surface area (Å²) in [4.78, 5) is 0.278. The normalized spacial score (nSPS) is 19.1. The van der Waals surface area contributed by atoms with Gasteiger partial charge in [-0.05, 0) is 67.6 Å². The van der Waals surface area contributed by atoms with E-state index in [1.807, 2.05) is 6.92 Å². The Morgan fingerprint density at radius 2 is 1.77 bits per heavy atom. The number of benzene rings is 2. The molecule has 1 heterocycles. The second-order valence-electron chi connectivity index (χ2n) is 6.51. The Kier molecular flexibility index (Phi) is 5.94. The Labute approximate surface area is 154 Å². The first-order valence-electron chi connectivity index (χ1n) is 8.99. The summed E-state index contributed by atoms with van der Waals surface area (Å²) in [6.07, 6.45) is 2.69. The third-order valence-electron chi connectivity index (χ3n) is 4.75. The predicted molar refractivity (Wildman–Crippen MR) is 99.4 cm³/mol. The van der Waals surface area contributed by atoms with Gasteiger partial charge in [-0.3, -0.25) is 0 Å². The van der Waals surface area contributed by atoms with Crippen LogP contribution >= 0.6 is 0 Å². The zero-order valence-electron chi connectivity index (χ0n) is 14.9. The Bertz CT molecular complexity index is 819. The minimum atomic E-state index is -3.56. The van der Waals surface area contributed by atoms with E-state index >= 15 is 0 Å². The largest absolute Gasteiger partial charge is 0.494 e. The Balaban J connectivity index is 1.82. The number of hydrogen-bond acceptors (Lipinski definition) is 3. The highest BCUT2D eigenvalue weighted by Crippen LogP contribution is 2.30. The van der Waals surface area contributed by atoms with Gasteiger partial charge in [-0.1, -0.05) is 18.6 Å². The molecule has 2 aromatic carbocycles. The number of ether oxygens (including phenoxy) is 1. The topological polar surface area (TPSA) is 46.6 Å². The van der Waals surface area contributed by atoms with Crippen molar-refractivity contribution in [3.63, 3.8) is 0 Å². The van der Waals surface area contributed by atoms with Crippen molar-refractivity contribution >= 4 is 10.0 Å². The lowest BCUT2D eigenvalue weighted by molar-refractivity contribution is 0.340. The Hall–Kier alpha value is -1.92. The minimum absolute atomic E-state index is 0.0792. The summed E-state index contributed by atoms with van der Waals surface area (Å²) in [7, 11) is -3.56. The summed E-state index contributed by atoms with van der Waals surface area (Å²) < 4.78 is 46.3. The summed E-state index contributed by atoms with van der Waals surface area (Å²) in [5.41, 5.74) is 0.986. The molecule has 0 aromatic heterocycles. The smallest absolute Gasteiger partial charge is 0.243 e. The van der Waals surface area contributed by atoms with E-state index in [1.165, 1.54) is 12.1 Å². The Morgan fingerprint density at radius 3 is 2.42 bits per heavy atom. The fraction of sp³-hybridized carbons (Fsp3) is 0.400. The third kappa shape index (κ3) is 4.24. The van der Waals surface area contributed by atoms with Gasteiger partial charge in [0.2, 0.25) is 10.0 Å². The molecule has 0 aliphatic carbocycles. The Morgan fingerprint density at radius 1 is 1.08 bits per heavy atom. The van der Waals surface area contributed by atoms with Crippen molar-refractivity contribution in [1.29, 1.82) is 0 Å². The molecule has 0 spiro atoms. The minimum Gasteiger partial charge on any atom is -0.494 e. The van der Waals surface area contributed by atoms with Gasteiger partial charge in [-0.2, -0.15) is 4.31 Å². The fourth-order valence-electron chi connectivity index (χ4n) is 3.36. The lowest BCUT2D eigenvalue weighted by atomic mass is 9.95. The van der Waals surface area contributed by atoms with Crippen LogP contribution in [0.2, 0.25) is 0 Å². The van der Waals surface area contributed by atoms with Crippen LogP contribution < -0.4 is 4.74 Å². The quantitative estimate of drug-likeness (QED) is 0.785. The second-order valence-corrected chi connectivity index (χ2v) is 8.45. The van der Waals surface area contributed by atoms with E-state index in [4.69, 9.17) is 4.74 Å². The summed E-state index contributed by atoms with van der Waals surface area (Å²) >= 11 is 0. The number of hydrogen-bond donors (Lipinski definition) is 0. The van der Waals surface area contributed by atoms with Crippen LogP contribution in [0.25, 0.3) is 0 Å². The maximum Gasteiger partial charge on any atom is 0.243 e. The number of nitrogens with zero attached hydrogens (tertiary/aromatic N) is 1. The van der Waals surface area contributed by atoms with Gasteiger partial charge >= 0.3 is 0 Å². The van der Waals surface area contributed by atoms with Crippen LogP contribution in [0.5, 0.6) is 5.75 Å². The molecule has 0 radical (unpaired) electrons. The molecule has 1 saturated heterocycles. The molecule has 140 valence electrons. The van der Waals surface area contributed by atoms with E-state index in [9.17, 15) is 12.8 Å². The van der Waals surface area contributed by atoms with Crippen LogP contribution in [0.15, 0.2) is 53.4 Å². The highest BCUT2D eigenvalue weighted by atomic mass is 32.2. The maximum absolute atomic E-state index is 13.2. The molecule has 26 heavy (non-hydrogen) atoms. The maximum atomic E-state index is 13.2. The molecule has 1 aliphatic heterocycles. The van der Waals surface area contributed by atoms with Crippen LogP contribution in [0.1, 0.15) is 37.7 Å². The number of halogens is 1. The van der Waals surface area contributed by atoms with E-state index < -0.39 is 10.0 Å². The molecule has 2 aromatic rings. The van der Waals surface area contributed by atoms with Gasteiger partial charge < -0.3 is 4.74 Å². The van der Waals surface area contributed by atoms with Crippen molar-refractivity contribution in [2.24, 2.45) is 0 Å². The standard InChI is InChI=1S/C20H24FNO3S/c1-2-25-19-10-12-20(13-11-19)26(23,24)22-14-4-3-5-17(15-22)16-6-8-18(21)9-7-16/h6-13,17H,2-5,14-15H2,1H3. The van der Waals surface area contributed by atoms with Crippen molar-refractivity contribution in [2.45, 2.75) is 37.0 Å². The highest BCUT2D eigenvalue weighted by molar-refractivity contribution is 7.89. The summed E-state index contributed by atoms with van der Waals surface area (Å²) in [5.74, 6) is 0.461. The molecule has 0 saturated carbocycles. The van der Waals surface area contributed by atoms with Crippen LogP contribution in [0.3, 0.4) is 0 Å². The highest BCUT2D eigenvalue weighted by Gasteiger charge is 2.29. The molecular weight excluding hydrogens is 353 g/mol. The van der Waals surface area contributed by atoms with Crippen LogP contribution in [0.4, 0.5) is 4.39 Å². The first-order valence-corrected chi connectivity index (χ1v) is 10.4. The molecule has 0 amide bonds. The first kappa shape index (κ1) is 18.9. The molecular formula is C20H24FNO3S. The zero-order valence-corrected chi connectivity index (χ0v) is 15.7. The average Bonchev–Trinajstić information content (AvgIpc) is 2.90. The van der Waals surface area contributed by atoms with E-state index in [0.717, 1.165) is 24.8 Å². The van der Waals surface area contributed by atoms with Crippen molar-refractivity contribution < 1.29 is 17.5 Å². The zero-order chi connectivity index (χ0) is 18.6. The molecule has 0 bridgehead atoms. The van der Waals surface area contributed by atoms with Gasteiger partial charge in [-0.25, -0.2) is 12.8 Å². The van der Waals surface area contributed by atoms with E-state index in [-0.39, 0.29) is 16.6 Å². The predicted octanol–water partition coefficient (Wildman–Crippen LogP) is 4.18. The monoisotopic (exact) mass is 377 g/mol. The van der Waals surface area contributed by atoms with Crippen molar-refractivity contribution in [1.82, 2.24) is 4.31 Å². The fourth-order valence-corrected chi connectivity index (χ4v) is 4.88. The lowest BCUT2D eigenvalue weighted by Gasteiger charge is -2.24. The molecule has 1 unspecified atom stereocenters. The van der Waals surface area contributed by atoms with Crippen LogP contribution in [-0.4, -0.2) is 32.4 Å². The van der Waals surface area contributed by atoms with E-state index in [0.29, 0.717) is 25.4 Å². The molecule has 0 N–H and O–H groups in total. The van der Waals surface area contributed by atoms with Gasteiger partial charge in [0.25, 0.3) is 0 Å². The molecule has 6 heteroatoms. The molecule has 1 atom stereocenters. The van der Waals surface area contributed by atoms with Crippen molar-refractivity contribution in [3.8, 4) is 5.75 Å². The SMILES string of the molecule is CCOc1ccc(S(=O)(=O)N2CCCCC(c3ccc(F)cc3)C2)cc1. The van der Waals surface area contributed by atoms with Gasteiger partial charge in [0, 0.05) is 13.1 Å². The molecule has 3 rings (SSSR count). The summed E-state index contributed by atoms with van der Waals surface area (Å²) in [6, 6.07) is 12.9. The average molecular weight is 377 g/mol. The lowest BCUT2D eigenvalue weighted by Crippen LogP contribution is -2.34. The molecule has 4 nitrogen and oxygen atoms in total. The summed E-state index contributed by atoms with van der Waals surface area (Å²) in [5, 5.41) is 0. The van der Waals surface area contributed by atoms with Gasteiger partial charge in [0.1, 0.15) is 11.6 Å². The van der Waals surface area contributed by atoms with Crippen LogP contribution in [-0.2, 0) is 10.0 Å². The van der Waals surface area contributed by atoms with Crippen LogP contribution in [0, 0.1) is 5.82 Å². The summed E-state index contributed by atoms with van der Waals surface area (Å²) in [6.45, 7) is 3.35. The van der Waals surface area contributed by atoms with Gasteiger partial charge in [0.05, 0.1) is 11.5 Å². The van der Waals surface area contributed by atoms with Crippen molar-refractivity contribution in [2.75, 3.05) is 19.7 Å². The van der Waals surface area contributed by atoms with E-state index in [2.05, 4.69) is 0 Å². The first-order chi connectivity index (χ1) is 12.5. The third-order valence-corrected chi connectivity index (χ3v) is 6.63. The number of rotatable bonds is 5. The van der Waals surface area contributed by atoms with E-state index in [1.54, 1.807) is 40.7 Å². The van der Waals surface area contributed by atoms with Crippen molar-refractivity contribution in [3.05, 3.63) is 59.9 Å². The number of sulfonamides is 1. The second kappa shape index (κ2) is 8.18.